The molecule has 25 heavy (non-hydrogen) atoms. The molecular weight excluding hydrogens is 337 g/mol. The van der Waals surface area contributed by atoms with Gasteiger partial charge >= 0.3 is 6.18 Å². The van der Waals surface area contributed by atoms with Crippen LogP contribution in [-0.2, 0) is 17.5 Å². The maximum Gasteiger partial charge on any atom is 0.434 e. The maximum atomic E-state index is 13.2. The van der Waals surface area contributed by atoms with Crippen LogP contribution < -0.4 is 10.6 Å². The van der Waals surface area contributed by atoms with Crippen molar-refractivity contribution in [3.05, 3.63) is 53.3 Å². The normalized spacial score (nSPS) is 11.2. The Morgan fingerprint density at radius 2 is 1.96 bits per heavy atom. The number of halogens is 3. The molecule has 0 fully saturated rings. The second-order valence-electron chi connectivity index (χ2n) is 5.04. The van der Waals surface area contributed by atoms with Gasteiger partial charge in [-0.15, -0.1) is 0 Å². The summed E-state index contributed by atoms with van der Waals surface area (Å²) in [6.45, 7) is 0.531. The van der Waals surface area contributed by atoms with Gasteiger partial charge in [-0.3, -0.25) is 4.79 Å². The van der Waals surface area contributed by atoms with Crippen molar-refractivity contribution in [1.82, 2.24) is 15.3 Å². The molecule has 0 bridgehead atoms. The summed E-state index contributed by atoms with van der Waals surface area (Å²) in [4.78, 5) is 19.2. The minimum absolute atomic E-state index is 0.0840. The Morgan fingerprint density at radius 1 is 1.24 bits per heavy atom. The Morgan fingerprint density at radius 3 is 2.60 bits per heavy atom. The summed E-state index contributed by atoms with van der Waals surface area (Å²) >= 11 is 0. The van der Waals surface area contributed by atoms with Gasteiger partial charge in [0.1, 0.15) is 0 Å². The zero-order valence-corrected chi connectivity index (χ0v) is 13.4. The maximum absolute atomic E-state index is 13.2. The van der Waals surface area contributed by atoms with Crippen molar-refractivity contribution in [3.8, 4) is 0 Å². The number of hydrogen-bond donors (Lipinski definition) is 2. The Balaban J connectivity index is 2.17. The van der Waals surface area contributed by atoms with Crippen LogP contribution >= 0.6 is 0 Å². The van der Waals surface area contributed by atoms with Crippen LogP contribution in [0.3, 0.4) is 0 Å². The number of ether oxygens (including phenoxy) is 1. The molecule has 6 nitrogen and oxygen atoms in total. The van der Waals surface area contributed by atoms with Crippen LogP contribution in [0.1, 0.15) is 21.6 Å². The average Bonchev–Trinajstić information content (AvgIpc) is 2.60. The summed E-state index contributed by atoms with van der Waals surface area (Å²) in [5, 5.41) is 5.04. The summed E-state index contributed by atoms with van der Waals surface area (Å²) in [6.07, 6.45) is -3.91. The minimum Gasteiger partial charge on any atom is -0.383 e. The standard InChI is InChI=1S/C16H17F3N4O2/c1-25-8-7-20-14(24)12-10-22-15(23-13(12)16(17,18)19)21-9-11-5-3-2-4-6-11/h2-6,10H,7-9H2,1H3,(H,20,24)(H,21,22,23). The van der Waals surface area contributed by atoms with E-state index in [9.17, 15) is 18.0 Å². The molecule has 0 aliphatic heterocycles. The highest BCUT2D eigenvalue weighted by Gasteiger charge is 2.38. The number of alkyl halides is 3. The van der Waals surface area contributed by atoms with Crippen LogP contribution in [0.25, 0.3) is 0 Å². The Hall–Kier alpha value is -2.68. The second kappa shape index (κ2) is 8.43. The summed E-state index contributed by atoms with van der Waals surface area (Å²) in [7, 11) is 1.42. The molecule has 0 aliphatic carbocycles. The van der Waals surface area contributed by atoms with Gasteiger partial charge in [-0.1, -0.05) is 30.3 Å². The molecule has 9 heteroatoms. The fraction of sp³-hybridized carbons (Fsp3) is 0.312. The Bertz CT molecular complexity index is 708. The SMILES string of the molecule is COCCNC(=O)c1cnc(NCc2ccccc2)nc1C(F)(F)F. The number of carbonyl (C=O) groups excluding carboxylic acids is 1. The summed E-state index contributed by atoms with van der Waals surface area (Å²) in [5.41, 5.74) is -1.05. The van der Waals surface area contributed by atoms with Gasteiger partial charge in [0.15, 0.2) is 5.69 Å². The quantitative estimate of drug-likeness (QED) is 0.747. The number of methoxy groups -OCH3 is 1. The van der Waals surface area contributed by atoms with Gasteiger partial charge in [-0.2, -0.15) is 13.2 Å². The molecule has 2 rings (SSSR count). The topological polar surface area (TPSA) is 76.1 Å². The third kappa shape index (κ3) is 5.42. The monoisotopic (exact) mass is 354 g/mol. The number of aromatic nitrogens is 2. The summed E-state index contributed by atoms with van der Waals surface area (Å²) < 4.78 is 44.4. The Labute approximate surface area is 142 Å². The lowest BCUT2D eigenvalue weighted by Gasteiger charge is -2.13. The van der Waals surface area contributed by atoms with Gasteiger partial charge in [0.25, 0.3) is 5.91 Å². The molecule has 0 atom stereocenters. The first-order chi connectivity index (χ1) is 11.9. The van der Waals surface area contributed by atoms with Crippen molar-refractivity contribution in [3.63, 3.8) is 0 Å². The lowest BCUT2D eigenvalue weighted by molar-refractivity contribution is -0.141. The number of nitrogens with one attached hydrogen (secondary N) is 2. The lowest BCUT2D eigenvalue weighted by Crippen LogP contribution is -2.30. The van der Waals surface area contributed by atoms with E-state index in [0.717, 1.165) is 11.8 Å². The fourth-order valence-corrected chi connectivity index (χ4v) is 1.99. The molecule has 0 aliphatic rings. The highest BCUT2D eigenvalue weighted by molar-refractivity contribution is 5.95. The van der Waals surface area contributed by atoms with Crippen molar-refractivity contribution in [1.29, 1.82) is 0 Å². The van der Waals surface area contributed by atoms with Crippen LogP contribution in [-0.4, -0.2) is 36.1 Å². The number of benzene rings is 1. The van der Waals surface area contributed by atoms with E-state index in [-0.39, 0.29) is 25.6 Å². The first kappa shape index (κ1) is 18.7. The zero-order chi connectivity index (χ0) is 18.3. The van der Waals surface area contributed by atoms with Gasteiger partial charge in [0, 0.05) is 26.4 Å². The van der Waals surface area contributed by atoms with Crippen molar-refractivity contribution in [2.75, 3.05) is 25.6 Å². The number of carbonyl (C=O) groups is 1. The van der Waals surface area contributed by atoms with E-state index in [1.807, 2.05) is 30.3 Å². The third-order valence-electron chi connectivity index (χ3n) is 3.19. The van der Waals surface area contributed by atoms with Gasteiger partial charge in [-0.05, 0) is 5.56 Å². The van der Waals surface area contributed by atoms with Gasteiger partial charge < -0.3 is 15.4 Å². The largest absolute Gasteiger partial charge is 0.434 e. The summed E-state index contributed by atoms with van der Waals surface area (Å²) in [5.74, 6) is -1.11. The first-order valence-corrected chi connectivity index (χ1v) is 7.41. The van der Waals surface area contributed by atoms with E-state index in [1.165, 1.54) is 7.11 Å². The molecule has 2 N–H and O–H groups in total. The van der Waals surface area contributed by atoms with Crippen molar-refractivity contribution >= 4 is 11.9 Å². The fourth-order valence-electron chi connectivity index (χ4n) is 1.99. The molecule has 1 heterocycles. The summed E-state index contributed by atoms with van der Waals surface area (Å²) in [6, 6.07) is 9.09. The van der Waals surface area contributed by atoms with Crippen LogP contribution in [0.2, 0.25) is 0 Å². The van der Waals surface area contributed by atoms with Crippen LogP contribution in [0, 0.1) is 0 Å². The third-order valence-corrected chi connectivity index (χ3v) is 3.19. The molecule has 134 valence electrons. The Kier molecular flexibility index (Phi) is 6.29. The number of anilines is 1. The molecule has 0 saturated carbocycles. The molecule has 1 amide bonds. The van der Waals surface area contributed by atoms with Crippen LogP contribution in [0.5, 0.6) is 0 Å². The number of hydrogen-bond acceptors (Lipinski definition) is 5. The predicted molar refractivity (Wildman–Crippen MR) is 85.0 cm³/mol. The van der Waals surface area contributed by atoms with Gasteiger partial charge in [-0.25, -0.2) is 9.97 Å². The number of amides is 1. The van der Waals surface area contributed by atoms with Crippen LogP contribution in [0.4, 0.5) is 19.1 Å². The van der Waals surface area contributed by atoms with Crippen LogP contribution in [0.15, 0.2) is 36.5 Å². The molecule has 2 aromatic rings. The van der Waals surface area contributed by atoms with E-state index in [4.69, 9.17) is 4.74 Å². The lowest BCUT2D eigenvalue weighted by atomic mass is 10.2. The van der Waals surface area contributed by atoms with Gasteiger partial charge in [0.2, 0.25) is 5.95 Å². The van der Waals surface area contributed by atoms with E-state index >= 15 is 0 Å². The zero-order valence-electron chi connectivity index (χ0n) is 13.4. The number of nitrogens with zero attached hydrogens (tertiary/aromatic N) is 2. The smallest absolute Gasteiger partial charge is 0.383 e. The van der Waals surface area contributed by atoms with Crippen molar-refractivity contribution in [2.24, 2.45) is 0 Å². The molecule has 0 saturated heterocycles. The molecule has 0 spiro atoms. The molecule has 1 aromatic heterocycles. The molecule has 0 unspecified atom stereocenters. The van der Waals surface area contributed by atoms with E-state index in [0.29, 0.717) is 0 Å². The molecule has 0 radical (unpaired) electrons. The second-order valence-corrected chi connectivity index (χ2v) is 5.04. The highest BCUT2D eigenvalue weighted by Crippen LogP contribution is 2.30. The van der Waals surface area contributed by atoms with E-state index in [2.05, 4.69) is 20.6 Å². The van der Waals surface area contributed by atoms with Gasteiger partial charge in [0.05, 0.1) is 12.2 Å². The van der Waals surface area contributed by atoms with Crippen molar-refractivity contribution in [2.45, 2.75) is 12.7 Å². The average molecular weight is 354 g/mol. The van der Waals surface area contributed by atoms with E-state index in [1.54, 1.807) is 0 Å². The molecular formula is C16H17F3N4O2. The minimum atomic E-state index is -4.78. The van der Waals surface area contributed by atoms with E-state index < -0.39 is 23.3 Å². The first-order valence-electron chi connectivity index (χ1n) is 7.41. The van der Waals surface area contributed by atoms with Crippen molar-refractivity contribution < 1.29 is 22.7 Å². The predicted octanol–water partition coefficient (Wildman–Crippen LogP) is 2.48. The number of rotatable bonds is 7. The molecule has 1 aromatic carbocycles. The highest BCUT2D eigenvalue weighted by atomic mass is 19.4.